The Morgan fingerprint density at radius 2 is 1.50 bits per heavy atom. The quantitative estimate of drug-likeness (QED) is 0.663. The van der Waals surface area contributed by atoms with Gasteiger partial charge in [0.25, 0.3) is 0 Å². The fraction of sp³-hybridized carbons (Fsp3) is 0.222. The molecular formula is C18H14F4N2. The van der Waals surface area contributed by atoms with Gasteiger partial charge < -0.3 is 0 Å². The molecule has 0 fully saturated rings. The van der Waals surface area contributed by atoms with Crippen LogP contribution >= 0.6 is 0 Å². The third-order valence-electron chi connectivity index (χ3n) is 3.77. The first kappa shape index (κ1) is 16.4. The topological polar surface area (TPSA) is 24.7 Å². The number of hydrogen-bond acceptors (Lipinski definition) is 2. The highest BCUT2D eigenvalue weighted by Crippen LogP contribution is 2.36. The first-order chi connectivity index (χ1) is 11.4. The molecule has 1 aliphatic heterocycles. The second-order valence-electron chi connectivity index (χ2n) is 5.57. The van der Waals surface area contributed by atoms with Crippen molar-refractivity contribution in [3.8, 4) is 0 Å². The van der Waals surface area contributed by atoms with Crippen LogP contribution in [-0.4, -0.2) is 23.8 Å². The summed E-state index contributed by atoms with van der Waals surface area (Å²) in [4.78, 5) is 8.18. The van der Waals surface area contributed by atoms with Gasteiger partial charge >= 0.3 is 12.3 Å². The van der Waals surface area contributed by atoms with Gasteiger partial charge in [0.05, 0.1) is 22.8 Å². The zero-order valence-corrected chi connectivity index (χ0v) is 12.8. The summed E-state index contributed by atoms with van der Waals surface area (Å²) < 4.78 is 53.5. The molecule has 0 atom stereocenters. The second-order valence-corrected chi connectivity index (χ2v) is 5.57. The van der Waals surface area contributed by atoms with Crippen molar-refractivity contribution >= 4 is 22.8 Å². The molecule has 0 bridgehead atoms. The first-order valence-electron chi connectivity index (χ1n) is 7.35. The minimum absolute atomic E-state index is 0.162. The van der Waals surface area contributed by atoms with Gasteiger partial charge in [-0.25, -0.2) is 13.8 Å². The molecule has 0 amide bonds. The number of para-hydroxylation sites is 2. The summed E-state index contributed by atoms with van der Waals surface area (Å²) in [7, 11) is 0. The van der Waals surface area contributed by atoms with E-state index < -0.39 is 24.5 Å². The number of halogens is 4. The summed E-state index contributed by atoms with van der Waals surface area (Å²) >= 11 is 0. The minimum atomic E-state index is -4.30. The third-order valence-corrected chi connectivity index (χ3v) is 3.77. The Bertz CT molecular complexity index is 808. The SMILES string of the molecule is Cc1ccc(C2=Nc3ccccc3N=C(C(F)(F)C(F)F)C2)cc1. The summed E-state index contributed by atoms with van der Waals surface area (Å²) in [6, 6.07) is 13.5. The standard InChI is InChI=1S/C18H14F4N2/c1-11-6-8-12(9-7-11)15-10-16(18(21,22)17(19)20)24-14-5-3-2-4-13(14)23-15/h2-9,17H,10H2,1H3. The maximum Gasteiger partial charge on any atom is 0.345 e. The van der Waals surface area contributed by atoms with Gasteiger partial charge in [-0.05, 0) is 24.6 Å². The van der Waals surface area contributed by atoms with E-state index in [1.54, 1.807) is 30.3 Å². The van der Waals surface area contributed by atoms with Gasteiger partial charge in [0.2, 0.25) is 0 Å². The van der Waals surface area contributed by atoms with E-state index in [2.05, 4.69) is 9.98 Å². The lowest BCUT2D eigenvalue weighted by molar-refractivity contribution is -0.0756. The molecular weight excluding hydrogens is 320 g/mol. The normalized spacial score (nSPS) is 14.8. The molecule has 0 aliphatic carbocycles. The monoisotopic (exact) mass is 334 g/mol. The predicted molar refractivity (Wildman–Crippen MR) is 86.5 cm³/mol. The number of aliphatic imine (C=N–C) groups is 2. The van der Waals surface area contributed by atoms with Crippen molar-refractivity contribution in [3.05, 3.63) is 59.7 Å². The summed E-state index contributed by atoms with van der Waals surface area (Å²) in [5, 5.41) is 0. The van der Waals surface area contributed by atoms with Crippen LogP contribution in [-0.2, 0) is 0 Å². The zero-order chi connectivity index (χ0) is 17.3. The van der Waals surface area contributed by atoms with E-state index >= 15 is 0 Å². The summed E-state index contributed by atoms with van der Waals surface area (Å²) in [5.41, 5.74) is 1.57. The first-order valence-corrected chi connectivity index (χ1v) is 7.35. The maximum atomic E-state index is 13.9. The van der Waals surface area contributed by atoms with Crippen molar-refractivity contribution < 1.29 is 17.6 Å². The molecule has 1 heterocycles. The van der Waals surface area contributed by atoms with Crippen molar-refractivity contribution in [3.63, 3.8) is 0 Å². The molecule has 1 aliphatic rings. The Morgan fingerprint density at radius 3 is 2.08 bits per heavy atom. The van der Waals surface area contributed by atoms with E-state index in [1.165, 1.54) is 6.07 Å². The summed E-state index contributed by atoms with van der Waals surface area (Å²) in [6.07, 6.45) is -4.25. The number of alkyl halides is 4. The zero-order valence-electron chi connectivity index (χ0n) is 12.8. The average molecular weight is 334 g/mol. The molecule has 2 aromatic carbocycles. The van der Waals surface area contributed by atoms with E-state index in [9.17, 15) is 17.6 Å². The number of aryl methyl sites for hydroxylation is 1. The Hall–Kier alpha value is -2.50. The van der Waals surface area contributed by atoms with Crippen LogP contribution in [0.25, 0.3) is 0 Å². The smallest absolute Gasteiger partial charge is 0.250 e. The van der Waals surface area contributed by atoms with Crippen molar-refractivity contribution in [2.75, 3.05) is 0 Å². The average Bonchev–Trinajstić information content (AvgIpc) is 2.75. The number of fused-ring (bicyclic) bond motifs is 1. The van der Waals surface area contributed by atoms with Crippen LogP contribution < -0.4 is 0 Å². The fourth-order valence-corrected chi connectivity index (χ4v) is 2.41. The van der Waals surface area contributed by atoms with Crippen LogP contribution in [0.5, 0.6) is 0 Å². The molecule has 0 saturated carbocycles. The van der Waals surface area contributed by atoms with Crippen LogP contribution in [0.3, 0.4) is 0 Å². The van der Waals surface area contributed by atoms with Crippen molar-refractivity contribution in [1.82, 2.24) is 0 Å². The highest BCUT2D eigenvalue weighted by molar-refractivity contribution is 6.17. The molecule has 124 valence electrons. The van der Waals surface area contributed by atoms with E-state index in [4.69, 9.17) is 0 Å². The van der Waals surface area contributed by atoms with Crippen molar-refractivity contribution in [2.24, 2.45) is 9.98 Å². The largest absolute Gasteiger partial charge is 0.345 e. The lowest BCUT2D eigenvalue weighted by Gasteiger charge is -2.17. The number of benzene rings is 2. The maximum absolute atomic E-state index is 13.9. The van der Waals surface area contributed by atoms with Crippen molar-refractivity contribution in [1.29, 1.82) is 0 Å². The Balaban J connectivity index is 2.14. The molecule has 2 aromatic rings. The van der Waals surface area contributed by atoms with Gasteiger partial charge in [-0.15, -0.1) is 0 Å². The molecule has 3 rings (SSSR count). The highest BCUT2D eigenvalue weighted by atomic mass is 19.3. The van der Waals surface area contributed by atoms with Gasteiger partial charge in [-0.3, -0.25) is 4.99 Å². The van der Waals surface area contributed by atoms with Crippen LogP contribution in [0, 0.1) is 6.92 Å². The van der Waals surface area contributed by atoms with Crippen LogP contribution in [0.4, 0.5) is 28.9 Å². The summed E-state index contributed by atoms with van der Waals surface area (Å²) in [5.74, 6) is -4.30. The van der Waals surface area contributed by atoms with Gasteiger partial charge in [0.1, 0.15) is 0 Å². The lowest BCUT2D eigenvalue weighted by atomic mass is 10.0. The highest BCUT2D eigenvalue weighted by Gasteiger charge is 2.47. The van der Waals surface area contributed by atoms with Crippen molar-refractivity contribution in [2.45, 2.75) is 25.7 Å². The van der Waals surface area contributed by atoms with Gasteiger partial charge in [-0.2, -0.15) is 8.78 Å². The van der Waals surface area contributed by atoms with E-state index in [0.717, 1.165) is 5.56 Å². The van der Waals surface area contributed by atoms with Crippen LogP contribution in [0.15, 0.2) is 58.5 Å². The number of rotatable bonds is 3. The molecule has 24 heavy (non-hydrogen) atoms. The molecule has 6 heteroatoms. The van der Waals surface area contributed by atoms with E-state index in [1.807, 2.05) is 19.1 Å². The molecule has 0 unspecified atom stereocenters. The van der Waals surface area contributed by atoms with E-state index in [-0.39, 0.29) is 5.69 Å². The Morgan fingerprint density at radius 1 is 0.917 bits per heavy atom. The lowest BCUT2D eigenvalue weighted by Crippen LogP contribution is -2.37. The Kier molecular flexibility index (Phi) is 4.22. The molecule has 0 saturated heterocycles. The molecule has 0 radical (unpaired) electrons. The van der Waals surface area contributed by atoms with Crippen LogP contribution in [0.2, 0.25) is 0 Å². The van der Waals surface area contributed by atoms with Gasteiger partial charge in [-0.1, -0.05) is 42.0 Å². The minimum Gasteiger partial charge on any atom is -0.250 e. The van der Waals surface area contributed by atoms with E-state index in [0.29, 0.717) is 17.0 Å². The van der Waals surface area contributed by atoms with Gasteiger partial charge in [0, 0.05) is 6.42 Å². The molecule has 0 aromatic heterocycles. The van der Waals surface area contributed by atoms with Gasteiger partial charge in [0.15, 0.2) is 0 Å². The predicted octanol–water partition coefficient (Wildman–Crippen LogP) is 5.49. The molecule has 0 spiro atoms. The number of nitrogens with zero attached hydrogens (tertiary/aromatic N) is 2. The second kappa shape index (κ2) is 6.19. The van der Waals surface area contributed by atoms with Crippen LogP contribution in [0.1, 0.15) is 17.5 Å². The molecule has 2 nitrogen and oxygen atoms in total. The number of hydrogen-bond donors (Lipinski definition) is 0. The Labute approximate surface area is 136 Å². The summed E-state index contributed by atoms with van der Waals surface area (Å²) in [6.45, 7) is 1.89. The third kappa shape index (κ3) is 3.09. The fourth-order valence-electron chi connectivity index (χ4n) is 2.41. The molecule has 0 N–H and O–H groups in total.